The first kappa shape index (κ1) is 35.2. The zero-order valence-corrected chi connectivity index (χ0v) is 34.9. The molecule has 7 heteroatoms. The number of hydrogen-bond acceptors (Lipinski definition) is 5. The number of benzene rings is 9. The molecule has 9 aromatic carbocycles. The maximum absolute atomic E-state index is 6.78. The van der Waals surface area contributed by atoms with Crippen LogP contribution < -0.4 is 0 Å². The first-order valence-corrected chi connectivity index (χ1v) is 22.3. The van der Waals surface area contributed by atoms with Crippen LogP contribution in [0.1, 0.15) is 0 Å². The van der Waals surface area contributed by atoms with Gasteiger partial charge in [-0.2, -0.15) is 0 Å². The van der Waals surface area contributed by atoms with Gasteiger partial charge >= 0.3 is 0 Å². The van der Waals surface area contributed by atoms with E-state index in [9.17, 15) is 0 Å². The van der Waals surface area contributed by atoms with Crippen LogP contribution in [0.3, 0.4) is 0 Å². The zero-order valence-electron chi connectivity index (χ0n) is 34.1. The van der Waals surface area contributed by atoms with E-state index in [4.69, 9.17) is 19.4 Å². The summed E-state index contributed by atoms with van der Waals surface area (Å²) in [6, 6.07) is 70.7. The van der Waals surface area contributed by atoms with Gasteiger partial charge in [-0.25, -0.2) is 15.0 Å². The average molecular weight is 836 g/mol. The highest BCUT2D eigenvalue weighted by Crippen LogP contribution is 2.45. The largest absolute Gasteiger partial charge is 0.456 e. The summed E-state index contributed by atoms with van der Waals surface area (Å²) >= 11 is 1.80. The van der Waals surface area contributed by atoms with Gasteiger partial charge in [-0.05, 0) is 72.8 Å². The van der Waals surface area contributed by atoms with Gasteiger partial charge in [0.1, 0.15) is 11.2 Å². The van der Waals surface area contributed by atoms with E-state index in [1.807, 2.05) is 30.3 Å². The van der Waals surface area contributed by atoms with E-state index in [1.54, 1.807) is 11.3 Å². The van der Waals surface area contributed by atoms with Crippen molar-refractivity contribution in [1.29, 1.82) is 0 Å². The Labute approximate surface area is 369 Å². The van der Waals surface area contributed by atoms with Crippen LogP contribution in [-0.4, -0.2) is 24.1 Å². The van der Waals surface area contributed by atoms with Gasteiger partial charge in [0.05, 0.1) is 27.8 Å². The molecule has 0 N–H and O–H groups in total. The number of fused-ring (bicyclic) bond motifs is 13. The molecule has 5 heterocycles. The number of rotatable bonds is 5. The molecule has 0 aliphatic rings. The van der Waals surface area contributed by atoms with Crippen molar-refractivity contribution in [2.24, 2.45) is 0 Å². The smallest absolute Gasteiger partial charge is 0.164 e. The second-order valence-electron chi connectivity index (χ2n) is 16.3. The fourth-order valence-corrected chi connectivity index (χ4v) is 11.1. The summed E-state index contributed by atoms with van der Waals surface area (Å²) in [5.41, 5.74) is 10.9. The van der Waals surface area contributed by atoms with Gasteiger partial charge in [-0.15, -0.1) is 11.3 Å². The molecule has 0 aliphatic carbocycles. The molecule has 14 rings (SSSR count). The predicted octanol–water partition coefficient (Wildman–Crippen LogP) is 15.3. The molecule has 0 fully saturated rings. The molecule has 0 unspecified atom stereocenters. The molecule has 0 saturated carbocycles. The van der Waals surface area contributed by atoms with E-state index in [-0.39, 0.29) is 0 Å². The minimum absolute atomic E-state index is 0.576. The van der Waals surface area contributed by atoms with E-state index in [0.717, 1.165) is 66.6 Å². The highest BCUT2D eigenvalue weighted by Gasteiger charge is 2.24. The lowest BCUT2D eigenvalue weighted by molar-refractivity contribution is 0.668. The second-order valence-corrected chi connectivity index (χ2v) is 17.4. The van der Waals surface area contributed by atoms with Crippen LogP contribution >= 0.6 is 11.3 Å². The summed E-state index contributed by atoms with van der Waals surface area (Å²) in [5.74, 6) is 1.80. The van der Waals surface area contributed by atoms with Crippen molar-refractivity contribution in [3.05, 3.63) is 200 Å². The highest BCUT2D eigenvalue weighted by molar-refractivity contribution is 7.25. The van der Waals surface area contributed by atoms with Crippen LogP contribution in [-0.2, 0) is 0 Å². The highest BCUT2D eigenvalue weighted by atomic mass is 32.1. The summed E-state index contributed by atoms with van der Waals surface area (Å²) in [5, 5.41) is 9.21. The van der Waals surface area contributed by atoms with Crippen LogP contribution in [0.5, 0.6) is 0 Å². The molecule has 0 spiro atoms. The quantitative estimate of drug-likeness (QED) is 0.173. The number of hydrogen-bond donors (Lipinski definition) is 0. The van der Waals surface area contributed by atoms with Gasteiger partial charge in [-0.3, -0.25) is 0 Å². The summed E-state index contributed by atoms with van der Waals surface area (Å²) in [7, 11) is 0. The molecule has 64 heavy (non-hydrogen) atoms. The minimum atomic E-state index is 0.576. The van der Waals surface area contributed by atoms with Crippen LogP contribution in [0, 0.1) is 0 Å². The van der Waals surface area contributed by atoms with Gasteiger partial charge in [0.25, 0.3) is 0 Å². The maximum atomic E-state index is 6.78. The van der Waals surface area contributed by atoms with Crippen molar-refractivity contribution in [3.63, 3.8) is 0 Å². The third-order valence-electron chi connectivity index (χ3n) is 12.8. The zero-order chi connectivity index (χ0) is 41.9. The SMILES string of the molecule is c1ccc(-c2nc(-c3ccc4sc5ccccc5c4c3)nc(-c3cc(-n4c5ccccc5c5c6c7ccccc7n(-c7ccccc7)c6ccc54)cc4oc5ccccc5c34)n2)cc1. The van der Waals surface area contributed by atoms with E-state index < -0.39 is 0 Å². The Morgan fingerprint density at radius 3 is 1.64 bits per heavy atom. The van der Waals surface area contributed by atoms with Gasteiger partial charge in [0, 0.05) is 80.9 Å². The molecule has 0 atom stereocenters. The molecule has 0 aliphatic heterocycles. The summed E-state index contributed by atoms with van der Waals surface area (Å²) in [6.45, 7) is 0. The van der Waals surface area contributed by atoms with E-state index in [1.165, 1.54) is 47.2 Å². The molecule has 6 nitrogen and oxygen atoms in total. The Morgan fingerprint density at radius 2 is 0.906 bits per heavy atom. The Bertz CT molecular complexity index is 4200. The van der Waals surface area contributed by atoms with Crippen molar-refractivity contribution in [1.82, 2.24) is 24.1 Å². The van der Waals surface area contributed by atoms with E-state index in [0.29, 0.717) is 17.5 Å². The molecule has 14 aromatic rings. The summed E-state index contributed by atoms with van der Waals surface area (Å²) in [6.07, 6.45) is 0. The number of nitrogens with zero attached hydrogens (tertiary/aromatic N) is 5. The lowest BCUT2D eigenvalue weighted by atomic mass is 10.0. The van der Waals surface area contributed by atoms with E-state index >= 15 is 0 Å². The van der Waals surface area contributed by atoms with Crippen LogP contribution in [0.15, 0.2) is 205 Å². The molecule has 0 amide bonds. The number of para-hydroxylation sites is 4. The van der Waals surface area contributed by atoms with Crippen LogP contribution in [0.2, 0.25) is 0 Å². The van der Waals surface area contributed by atoms with Gasteiger partial charge in [-0.1, -0.05) is 121 Å². The number of thiophene rings is 1. The van der Waals surface area contributed by atoms with Crippen LogP contribution in [0.4, 0.5) is 0 Å². The molecule has 0 saturated heterocycles. The Morgan fingerprint density at radius 1 is 0.344 bits per heavy atom. The summed E-state index contributed by atoms with van der Waals surface area (Å²) in [4.78, 5) is 15.9. The maximum Gasteiger partial charge on any atom is 0.164 e. The molecule has 5 aromatic heterocycles. The Hall–Kier alpha value is -8.39. The molecule has 298 valence electrons. The average Bonchev–Trinajstić information content (AvgIpc) is 4.11. The van der Waals surface area contributed by atoms with Crippen molar-refractivity contribution in [2.45, 2.75) is 0 Å². The minimum Gasteiger partial charge on any atom is -0.456 e. The number of aromatic nitrogens is 5. The fourth-order valence-electron chi connectivity index (χ4n) is 10.0. The van der Waals surface area contributed by atoms with Gasteiger partial charge in [0.15, 0.2) is 17.5 Å². The van der Waals surface area contributed by atoms with E-state index in [2.05, 4.69) is 179 Å². The van der Waals surface area contributed by atoms with Crippen LogP contribution in [0.25, 0.3) is 131 Å². The normalized spacial score (nSPS) is 12.1. The monoisotopic (exact) mass is 835 g/mol. The topological polar surface area (TPSA) is 61.7 Å². The molecule has 0 radical (unpaired) electrons. The second kappa shape index (κ2) is 13.6. The first-order chi connectivity index (χ1) is 31.7. The molecular weight excluding hydrogens is 803 g/mol. The van der Waals surface area contributed by atoms with Crippen molar-refractivity contribution >= 4 is 97.1 Å². The summed E-state index contributed by atoms with van der Waals surface area (Å²) < 4.78 is 14.0. The molecular formula is C57H33N5OS. The van der Waals surface area contributed by atoms with Crippen molar-refractivity contribution in [3.8, 4) is 45.5 Å². The Kier molecular flexibility index (Phi) is 7.46. The predicted molar refractivity (Wildman–Crippen MR) is 265 cm³/mol. The molecule has 0 bridgehead atoms. The number of furan rings is 1. The Balaban J connectivity index is 1.07. The van der Waals surface area contributed by atoms with Gasteiger partial charge in [0.2, 0.25) is 0 Å². The van der Waals surface area contributed by atoms with Gasteiger partial charge < -0.3 is 13.6 Å². The first-order valence-electron chi connectivity index (χ1n) is 21.4. The lowest BCUT2D eigenvalue weighted by Crippen LogP contribution is -2.01. The standard InChI is InChI=1S/C57H33N5OS/c1-3-15-34(16-4-1)55-58-56(35-27-30-51-42(31-35)38-19-10-14-26-50(38)64-51)60-57(59-55)43-32-37(33-49-52(43)41-22-9-13-25-48(41)63-49)62-45-24-12-8-21-40(45)54-47(62)29-28-46-53(54)39-20-7-11-23-44(39)61(46)36-17-5-2-6-18-36/h1-33H. The fraction of sp³-hybridized carbons (Fsp3) is 0. The third kappa shape index (κ3) is 5.16. The van der Waals surface area contributed by atoms with Crippen molar-refractivity contribution < 1.29 is 4.42 Å². The third-order valence-corrected chi connectivity index (χ3v) is 13.9. The lowest BCUT2D eigenvalue weighted by Gasteiger charge is -2.13. The van der Waals surface area contributed by atoms with Crippen molar-refractivity contribution in [2.75, 3.05) is 0 Å².